The van der Waals surface area contributed by atoms with Crippen molar-refractivity contribution in [1.82, 2.24) is 15.0 Å². The maximum Gasteiger partial charge on any atom is 0.221 e. The molecule has 0 spiro atoms. The Morgan fingerprint density at radius 3 is 2.78 bits per heavy atom. The molecule has 0 aliphatic carbocycles. The molecule has 0 saturated heterocycles. The number of aromatic nitrogens is 3. The number of rotatable bonds is 4. The first-order valence-electron chi connectivity index (χ1n) is 5.72. The Bertz CT molecular complexity index is 542. The first-order valence-corrected chi connectivity index (χ1v) is 5.72. The molecule has 18 heavy (non-hydrogen) atoms. The van der Waals surface area contributed by atoms with Gasteiger partial charge in [0.25, 0.3) is 0 Å². The maximum atomic E-state index is 5.15. The largest absolute Gasteiger partial charge is 0.481 e. The SMILES string of the molecule is COc1ncnc(NCc2cccc(C)n2)c1C. The fraction of sp³-hybridized carbons (Fsp3) is 0.308. The lowest BCUT2D eigenvalue weighted by Crippen LogP contribution is -2.06. The second-order valence-corrected chi connectivity index (χ2v) is 3.98. The predicted molar refractivity (Wildman–Crippen MR) is 69.6 cm³/mol. The number of methoxy groups -OCH3 is 1. The number of nitrogens with zero attached hydrogens (tertiary/aromatic N) is 3. The van der Waals surface area contributed by atoms with E-state index < -0.39 is 0 Å². The number of aryl methyl sites for hydroxylation is 1. The van der Waals surface area contributed by atoms with Gasteiger partial charge in [-0.3, -0.25) is 4.98 Å². The van der Waals surface area contributed by atoms with Crippen molar-refractivity contribution in [3.05, 3.63) is 41.5 Å². The summed E-state index contributed by atoms with van der Waals surface area (Å²) < 4.78 is 5.15. The van der Waals surface area contributed by atoms with Crippen LogP contribution in [0.1, 0.15) is 17.0 Å². The topological polar surface area (TPSA) is 59.9 Å². The molecule has 0 aromatic carbocycles. The molecule has 2 aromatic heterocycles. The summed E-state index contributed by atoms with van der Waals surface area (Å²) in [7, 11) is 1.60. The van der Waals surface area contributed by atoms with E-state index in [4.69, 9.17) is 4.74 Å². The third-order valence-corrected chi connectivity index (χ3v) is 2.61. The van der Waals surface area contributed by atoms with Crippen LogP contribution in [0.3, 0.4) is 0 Å². The second-order valence-electron chi connectivity index (χ2n) is 3.98. The van der Waals surface area contributed by atoms with Crippen LogP contribution in [0.4, 0.5) is 5.82 Å². The lowest BCUT2D eigenvalue weighted by atomic mass is 10.3. The molecule has 0 radical (unpaired) electrons. The first kappa shape index (κ1) is 12.3. The fourth-order valence-electron chi connectivity index (χ4n) is 1.69. The predicted octanol–water partition coefficient (Wildman–Crippen LogP) is 2.11. The minimum atomic E-state index is 0.588. The van der Waals surface area contributed by atoms with Gasteiger partial charge in [0.15, 0.2) is 0 Å². The monoisotopic (exact) mass is 244 g/mol. The zero-order valence-corrected chi connectivity index (χ0v) is 10.8. The van der Waals surface area contributed by atoms with Crippen LogP contribution in [0, 0.1) is 13.8 Å². The average molecular weight is 244 g/mol. The molecule has 2 aromatic rings. The molecular weight excluding hydrogens is 228 g/mol. The minimum Gasteiger partial charge on any atom is -0.481 e. The van der Waals surface area contributed by atoms with Crippen molar-refractivity contribution >= 4 is 5.82 Å². The van der Waals surface area contributed by atoms with Gasteiger partial charge in [0, 0.05) is 5.69 Å². The summed E-state index contributed by atoms with van der Waals surface area (Å²) in [4.78, 5) is 12.7. The highest BCUT2D eigenvalue weighted by Gasteiger charge is 2.06. The smallest absolute Gasteiger partial charge is 0.221 e. The molecule has 0 saturated carbocycles. The average Bonchev–Trinajstić information content (AvgIpc) is 2.38. The van der Waals surface area contributed by atoms with Crippen LogP contribution in [-0.2, 0) is 6.54 Å². The van der Waals surface area contributed by atoms with Crippen LogP contribution in [0.2, 0.25) is 0 Å². The third kappa shape index (κ3) is 2.74. The molecule has 94 valence electrons. The zero-order chi connectivity index (χ0) is 13.0. The molecule has 0 bridgehead atoms. The Morgan fingerprint density at radius 2 is 2.06 bits per heavy atom. The Kier molecular flexibility index (Phi) is 3.72. The van der Waals surface area contributed by atoms with E-state index in [1.165, 1.54) is 6.33 Å². The van der Waals surface area contributed by atoms with Gasteiger partial charge in [0.2, 0.25) is 5.88 Å². The van der Waals surface area contributed by atoms with Crippen LogP contribution in [0.15, 0.2) is 24.5 Å². The zero-order valence-electron chi connectivity index (χ0n) is 10.8. The molecule has 2 heterocycles. The number of ether oxygens (including phenoxy) is 1. The van der Waals surface area contributed by atoms with Crippen LogP contribution in [0.5, 0.6) is 5.88 Å². The van der Waals surface area contributed by atoms with Crippen molar-refractivity contribution in [3.8, 4) is 5.88 Å². The lowest BCUT2D eigenvalue weighted by molar-refractivity contribution is 0.393. The van der Waals surface area contributed by atoms with Crippen LogP contribution >= 0.6 is 0 Å². The molecule has 0 atom stereocenters. The van der Waals surface area contributed by atoms with Gasteiger partial charge in [-0.15, -0.1) is 0 Å². The number of hydrogen-bond donors (Lipinski definition) is 1. The molecule has 0 fully saturated rings. The van der Waals surface area contributed by atoms with Crippen molar-refractivity contribution < 1.29 is 4.74 Å². The molecule has 2 rings (SSSR count). The van der Waals surface area contributed by atoms with E-state index in [9.17, 15) is 0 Å². The summed E-state index contributed by atoms with van der Waals surface area (Å²) >= 11 is 0. The molecule has 5 nitrogen and oxygen atoms in total. The Balaban J connectivity index is 2.11. The molecule has 1 N–H and O–H groups in total. The Morgan fingerprint density at radius 1 is 1.22 bits per heavy atom. The number of anilines is 1. The number of hydrogen-bond acceptors (Lipinski definition) is 5. The van der Waals surface area contributed by atoms with Crippen molar-refractivity contribution in [3.63, 3.8) is 0 Å². The minimum absolute atomic E-state index is 0.588. The highest BCUT2D eigenvalue weighted by atomic mass is 16.5. The standard InChI is InChI=1S/C13H16N4O/c1-9-5-4-6-11(17-9)7-14-12-10(2)13(18-3)16-8-15-12/h4-6,8H,7H2,1-3H3,(H,14,15,16). The van der Waals surface area contributed by atoms with Gasteiger partial charge in [-0.1, -0.05) is 6.07 Å². The van der Waals surface area contributed by atoms with Gasteiger partial charge in [-0.05, 0) is 26.0 Å². The van der Waals surface area contributed by atoms with E-state index in [0.717, 1.165) is 22.8 Å². The van der Waals surface area contributed by atoms with Crippen molar-refractivity contribution in [2.75, 3.05) is 12.4 Å². The van der Waals surface area contributed by atoms with E-state index >= 15 is 0 Å². The van der Waals surface area contributed by atoms with Gasteiger partial charge >= 0.3 is 0 Å². The normalized spacial score (nSPS) is 10.2. The van der Waals surface area contributed by atoms with E-state index in [0.29, 0.717) is 12.4 Å². The summed E-state index contributed by atoms with van der Waals surface area (Å²) in [5.74, 6) is 1.36. The van der Waals surface area contributed by atoms with Gasteiger partial charge in [0.1, 0.15) is 12.1 Å². The molecular formula is C13H16N4O. The summed E-state index contributed by atoms with van der Waals surface area (Å²) in [5, 5.41) is 3.24. The van der Waals surface area contributed by atoms with Crippen LogP contribution < -0.4 is 10.1 Å². The number of pyridine rings is 1. The van der Waals surface area contributed by atoms with E-state index in [2.05, 4.69) is 20.3 Å². The lowest BCUT2D eigenvalue weighted by Gasteiger charge is -2.10. The van der Waals surface area contributed by atoms with Gasteiger partial charge in [-0.2, -0.15) is 0 Å². The van der Waals surface area contributed by atoms with E-state index in [1.54, 1.807) is 7.11 Å². The highest BCUT2D eigenvalue weighted by Crippen LogP contribution is 2.19. The third-order valence-electron chi connectivity index (χ3n) is 2.61. The fourth-order valence-corrected chi connectivity index (χ4v) is 1.69. The quantitative estimate of drug-likeness (QED) is 0.892. The molecule has 0 unspecified atom stereocenters. The Labute approximate surface area is 106 Å². The van der Waals surface area contributed by atoms with E-state index in [-0.39, 0.29) is 0 Å². The van der Waals surface area contributed by atoms with Gasteiger partial charge in [0.05, 0.1) is 24.9 Å². The number of nitrogens with one attached hydrogen (secondary N) is 1. The molecule has 0 amide bonds. The summed E-state index contributed by atoms with van der Waals surface area (Å²) in [6.07, 6.45) is 1.48. The molecule has 5 heteroatoms. The first-order chi connectivity index (χ1) is 8.70. The van der Waals surface area contributed by atoms with Gasteiger partial charge in [-0.25, -0.2) is 9.97 Å². The second kappa shape index (κ2) is 5.44. The van der Waals surface area contributed by atoms with Crippen molar-refractivity contribution in [2.24, 2.45) is 0 Å². The van der Waals surface area contributed by atoms with Crippen LogP contribution in [-0.4, -0.2) is 22.1 Å². The molecule has 0 aliphatic rings. The Hall–Kier alpha value is -2.17. The van der Waals surface area contributed by atoms with Crippen molar-refractivity contribution in [2.45, 2.75) is 20.4 Å². The van der Waals surface area contributed by atoms with E-state index in [1.807, 2.05) is 32.0 Å². The summed E-state index contributed by atoms with van der Waals surface area (Å²) in [5.41, 5.74) is 2.88. The highest BCUT2D eigenvalue weighted by molar-refractivity contribution is 5.47. The van der Waals surface area contributed by atoms with Gasteiger partial charge < -0.3 is 10.1 Å². The van der Waals surface area contributed by atoms with Crippen LogP contribution in [0.25, 0.3) is 0 Å². The molecule has 0 aliphatic heterocycles. The maximum absolute atomic E-state index is 5.15. The van der Waals surface area contributed by atoms with Crippen molar-refractivity contribution in [1.29, 1.82) is 0 Å². The summed E-state index contributed by atoms with van der Waals surface area (Å²) in [6.45, 7) is 4.52. The summed E-state index contributed by atoms with van der Waals surface area (Å²) in [6, 6.07) is 5.95.